The third kappa shape index (κ3) is 2.78. The van der Waals surface area contributed by atoms with E-state index in [-0.39, 0.29) is 12.1 Å². The molecule has 0 aromatic carbocycles. The van der Waals surface area contributed by atoms with E-state index in [0.29, 0.717) is 6.04 Å². The van der Waals surface area contributed by atoms with Crippen molar-refractivity contribution in [3.63, 3.8) is 0 Å². The minimum Gasteiger partial charge on any atom is -0.468 e. The fraction of sp³-hybridized carbons (Fsp3) is 0.733. The number of piperidine rings is 1. The van der Waals surface area contributed by atoms with Crippen molar-refractivity contribution < 1.29 is 4.42 Å². The number of furan rings is 1. The summed E-state index contributed by atoms with van der Waals surface area (Å²) >= 11 is 0. The Morgan fingerprint density at radius 1 is 1.44 bits per heavy atom. The van der Waals surface area contributed by atoms with Crippen LogP contribution in [0.25, 0.3) is 0 Å². The molecule has 0 aliphatic carbocycles. The molecule has 1 aliphatic rings. The van der Waals surface area contributed by atoms with Gasteiger partial charge in [0.15, 0.2) is 0 Å². The molecule has 2 heterocycles. The molecule has 0 saturated carbocycles. The van der Waals surface area contributed by atoms with Crippen LogP contribution in [-0.2, 0) is 0 Å². The Bertz CT molecular complexity index is 349. The second-order valence-corrected chi connectivity index (χ2v) is 5.76. The quantitative estimate of drug-likeness (QED) is 0.892. The highest BCUT2D eigenvalue weighted by molar-refractivity contribution is 5.09. The first-order valence-corrected chi connectivity index (χ1v) is 7.18. The summed E-state index contributed by atoms with van der Waals surface area (Å²) < 4.78 is 5.63. The van der Waals surface area contributed by atoms with Crippen LogP contribution in [0.15, 0.2) is 22.8 Å². The van der Waals surface area contributed by atoms with Crippen LogP contribution in [0.5, 0.6) is 0 Å². The van der Waals surface area contributed by atoms with E-state index in [9.17, 15) is 0 Å². The fourth-order valence-corrected chi connectivity index (χ4v) is 3.01. The Balaban J connectivity index is 2.22. The van der Waals surface area contributed by atoms with Crippen LogP contribution in [0, 0.1) is 5.92 Å². The minimum absolute atomic E-state index is 0.142. The third-order valence-corrected chi connectivity index (χ3v) is 4.23. The van der Waals surface area contributed by atoms with Gasteiger partial charge in [-0.2, -0.15) is 0 Å². The van der Waals surface area contributed by atoms with E-state index in [1.165, 1.54) is 12.8 Å². The van der Waals surface area contributed by atoms with Gasteiger partial charge >= 0.3 is 0 Å². The highest BCUT2D eigenvalue weighted by atomic mass is 16.3. The van der Waals surface area contributed by atoms with Gasteiger partial charge in [0, 0.05) is 18.6 Å². The predicted octanol–water partition coefficient (Wildman–Crippen LogP) is 3.18. The first-order chi connectivity index (χ1) is 8.63. The Labute approximate surface area is 110 Å². The maximum absolute atomic E-state index is 6.35. The van der Waals surface area contributed by atoms with Crippen LogP contribution < -0.4 is 5.73 Å². The highest BCUT2D eigenvalue weighted by Crippen LogP contribution is 2.33. The average molecular weight is 250 g/mol. The molecule has 0 spiro atoms. The van der Waals surface area contributed by atoms with Gasteiger partial charge in [-0.3, -0.25) is 4.90 Å². The van der Waals surface area contributed by atoms with Crippen molar-refractivity contribution in [2.24, 2.45) is 11.7 Å². The van der Waals surface area contributed by atoms with Crippen LogP contribution in [0.3, 0.4) is 0 Å². The van der Waals surface area contributed by atoms with E-state index in [4.69, 9.17) is 10.2 Å². The Morgan fingerprint density at radius 3 is 2.83 bits per heavy atom. The maximum Gasteiger partial charge on any atom is 0.122 e. The van der Waals surface area contributed by atoms with E-state index in [1.54, 1.807) is 6.26 Å². The van der Waals surface area contributed by atoms with E-state index < -0.39 is 0 Å². The van der Waals surface area contributed by atoms with Crippen LogP contribution in [0.4, 0.5) is 0 Å². The molecular formula is C15H26N2O. The van der Waals surface area contributed by atoms with Crippen molar-refractivity contribution >= 4 is 0 Å². The summed E-state index contributed by atoms with van der Waals surface area (Å²) in [5.74, 6) is 1.77. The van der Waals surface area contributed by atoms with Gasteiger partial charge in [-0.1, -0.05) is 13.8 Å². The van der Waals surface area contributed by atoms with Crippen molar-refractivity contribution in [3.05, 3.63) is 24.2 Å². The van der Waals surface area contributed by atoms with Gasteiger partial charge in [0.2, 0.25) is 0 Å². The number of likely N-dealkylation sites (tertiary alicyclic amines) is 1. The molecule has 3 nitrogen and oxygen atoms in total. The van der Waals surface area contributed by atoms with Crippen molar-refractivity contribution in [3.8, 4) is 0 Å². The van der Waals surface area contributed by atoms with Crippen LogP contribution >= 0.6 is 0 Å². The van der Waals surface area contributed by atoms with E-state index in [2.05, 4.69) is 31.7 Å². The molecule has 2 rings (SSSR count). The Morgan fingerprint density at radius 2 is 2.22 bits per heavy atom. The molecule has 1 saturated heterocycles. The number of hydrogen-bond donors (Lipinski definition) is 1. The molecular weight excluding hydrogens is 224 g/mol. The SMILES string of the molecule is CCC(N)C(c1ccco1)N1CC(C)CCC1C. The van der Waals surface area contributed by atoms with Crippen LogP contribution in [0.2, 0.25) is 0 Å². The second-order valence-electron chi connectivity index (χ2n) is 5.76. The lowest BCUT2D eigenvalue weighted by atomic mass is 9.90. The third-order valence-electron chi connectivity index (χ3n) is 4.23. The molecule has 2 N–H and O–H groups in total. The first-order valence-electron chi connectivity index (χ1n) is 7.18. The maximum atomic E-state index is 6.35. The van der Waals surface area contributed by atoms with Gasteiger partial charge in [0.1, 0.15) is 5.76 Å². The number of nitrogens with two attached hydrogens (primary N) is 1. The van der Waals surface area contributed by atoms with Gasteiger partial charge in [0.05, 0.1) is 12.3 Å². The average Bonchev–Trinajstić information content (AvgIpc) is 2.87. The summed E-state index contributed by atoms with van der Waals surface area (Å²) in [7, 11) is 0. The lowest BCUT2D eigenvalue weighted by molar-refractivity contribution is 0.0517. The minimum atomic E-state index is 0.142. The molecule has 0 bridgehead atoms. The normalized spacial score (nSPS) is 29.1. The Kier molecular flexibility index (Phi) is 4.46. The highest BCUT2D eigenvalue weighted by Gasteiger charge is 2.34. The molecule has 0 radical (unpaired) electrons. The monoisotopic (exact) mass is 250 g/mol. The summed E-state index contributed by atoms with van der Waals surface area (Å²) in [6, 6.07) is 4.98. The largest absolute Gasteiger partial charge is 0.468 e. The van der Waals surface area contributed by atoms with E-state index in [0.717, 1.165) is 24.6 Å². The summed E-state index contributed by atoms with van der Waals surface area (Å²) in [5.41, 5.74) is 6.35. The van der Waals surface area contributed by atoms with Gasteiger partial charge in [-0.15, -0.1) is 0 Å². The molecule has 4 unspecified atom stereocenters. The standard InChI is InChI=1S/C15H26N2O/c1-4-13(16)15(14-6-5-9-18-14)17-10-11(2)7-8-12(17)3/h5-6,9,11-13,15H,4,7-8,10,16H2,1-3H3. The zero-order valence-electron chi connectivity index (χ0n) is 11.8. The van der Waals surface area contributed by atoms with Crippen LogP contribution in [0.1, 0.15) is 51.8 Å². The number of hydrogen-bond acceptors (Lipinski definition) is 3. The van der Waals surface area contributed by atoms with Crippen molar-refractivity contribution in [1.29, 1.82) is 0 Å². The van der Waals surface area contributed by atoms with Crippen molar-refractivity contribution in [2.45, 2.75) is 58.2 Å². The van der Waals surface area contributed by atoms with Crippen molar-refractivity contribution in [1.82, 2.24) is 4.90 Å². The van der Waals surface area contributed by atoms with Crippen molar-refractivity contribution in [2.75, 3.05) is 6.54 Å². The smallest absolute Gasteiger partial charge is 0.122 e. The molecule has 1 aromatic heterocycles. The number of nitrogens with zero attached hydrogens (tertiary/aromatic N) is 1. The lowest BCUT2D eigenvalue weighted by Gasteiger charge is -2.43. The molecule has 1 fully saturated rings. The molecule has 1 aliphatic heterocycles. The van der Waals surface area contributed by atoms with E-state index >= 15 is 0 Å². The molecule has 0 amide bonds. The molecule has 18 heavy (non-hydrogen) atoms. The second kappa shape index (κ2) is 5.89. The van der Waals surface area contributed by atoms with Gasteiger partial charge in [-0.05, 0) is 44.2 Å². The van der Waals surface area contributed by atoms with Gasteiger partial charge in [0.25, 0.3) is 0 Å². The number of rotatable bonds is 4. The molecule has 4 atom stereocenters. The van der Waals surface area contributed by atoms with Gasteiger partial charge < -0.3 is 10.2 Å². The molecule has 102 valence electrons. The zero-order valence-corrected chi connectivity index (χ0v) is 11.8. The topological polar surface area (TPSA) is 42.4 Å². The summed E-state index contributed by atoms with van der Waals surface area (Å²) in [4.78, 5) is 2.54. The molecule has 3 heteroatoms. The first kappa shape index (κ1) is 13.6. The van der Waals surface area contributed by atoms with Crippen LogP contribution in [-0.4, -0.2) is 23.5 Å². The predicted molar refractivity (Wildman–Crippen MR) is 74.3 cm³/mol. The summed E-state index contributed by atoms with van der Waals surface area (Å²) in [6.07, 6.45) is 5.31. The summed E-state index contributed by atoms with van der Waals surface area (Å²) in [6.45, 7) is 7.92. The fourth-order valence-electron chi connectivity index (χ4n) is 3.01. The zero-order chi connectivity index (χ0) is 13.1. The van der Waals surface area contributed by atoms with Gasteiger partial charge in [-0.25, -0.2) is 0 Å². The van der Waals surface area contributed by atoms with E-state index in [1.807, 2.05) is 6.07 Å². The molecule has 1 aromatic rings. The Hall–Kier alpha value is -0.800. The summed E-state index contributed by atoms with van der Waals surface area (Å²) in [5, 5.41) is 0. The lowest BCUT2D eigenvalue weighted by Crippen LogP contribution is -2.49.